The predicted octanol–water partition coefficient (Wildman–Crippen LogP) is 4.43. The summed E-state index contributed by atoms with van der Waals surface area (Å²) in [5.41, 5.74) is 1.21. The number of hydrogen-bond donors (Lipinski definition) is 0. The van der Waals surface area contributed by atoms with Crippen LogP contribution in [0.1, 0.15) is 19.4 Å². The Kier molecular flexibility index (Phi) is 4.00. The molecule has 90 valence electrons. The van der Waals surface area contributed by atoms with Crippen molar-refractivity contribution < 1.29 is 4.79 Å². The lowest BCUT2D eigenvalue weighted by atomic mass is 10.0. The number of carbonyl (C=O) groups is 1. The van der Waals surface area contributed by atoms with E-state index >= 15 is 0 Å². The molecule has 17 heavy (non-hydrogen) atoms. The van der Waals surface area contributed by atoms with Gasteiger partial charge in [-0.15, -0.1) is 11.3 Å². The topological polar surface area (TPSA) is 17.1 Å². The van der Waals surface area contributed by atoms with E-state index in [0.717, 1.165) is 6.42 Å². The highest BCUT2D eigenvalue weighted by Crippen LogP contribution is 2.23. The monoisotopic (exact) mass is 310 g/mol. The average molecular weight is 311 g/mol. The second-order valence-electron chi connectivity index (χ2n) is 4.52. The maximum Gasteiger partial charge on any atom is 0.149 e. The number of halogens is 1. The van der Waals surface area contributed by atoms with Crippen molar-refractivity contribution in [2.75, 3.05) is 0 Å². The van der Waals surface area contributed by atoms with Gasteiger partial charge >= 0.3 is 0 Å². The highest BCUT2D eigenvalue weighted by atomic mass is 79.9. The number of carbonyl (C=O) groups excluding carboxylic acids is 1. The molecular weight excluding hydrogens is 296 g/mol. The molecule has 0 amide bonds. The molecule has 0 fully saturated rings. The van der Waals surface area contributed by atoms with E-state index in [4.69, 9.17) is 0 Å². The molecule has 0 aliphatic rings. The molecule has 1 aromatic heterocycles. The van der Waals surface area contributed by atoms with Gasteiger partial charge in [0, 0.05) is 10.6 Å². The first-order valence-corrected chi connectivity index (χ1v) is 7.51. The summed E-state index contributed by atoms with van der Waals surface area (Å²) in [6.45, 7) is 3.89. The Hall–Kier alpha value is -0.670. The summed E-state index contributed by atoms with van der Waals surface area (Å²) in [5, 5.41) is 3.36. The van der Waals surface area contributed by atoms with Crippen LogP contribution >= 0.6 is 27.3 Å². The second-order valence-corrected chi connectivity index (χ2v) is 6.57. The molecule has 2 rings (SSSR count). The molecular formula is C14H15BrOS. The van der Waals surface area contributed by atoms with Crippen LogP contribution in [-0.2, 0) is 11.2 Å². The quantitative estimate of drug-likeness (QED) is 0.763. The standard InChI is InChI=1S/C14H15BrOS/c1-9(2)14(16)12(15)8-10-3-4-13-11(7-10)5-6-17-13/h3-7,9,12H,8H2,1-2H3. The van der Waals surface area contributed by atoms with E-state index in [0.29, 0.717) is 0 Å². The lowest BCUT2D eigenvalue weighted by Gasteiger charge is -2.11. The van der Waals surface area contributed by atoms with Crippen molar-refractivity contribution >= 4 is 43.1 Å². The van der Waals surface area contributed by atoms with Gasteiger partial charge in [0.1, 0.15) is 5.78 Å². The minimum Gasteiger partial charge on any atom is -0.298 e. The number of ketones is 1. The van der Waals surface area contributed by atoms with Crippen molar-refractivity contribution in [2.24, 2.45) is 5.92 Å². The number of thiophene rings is 1. The highest BCUT2D eigenvalue weighted by molar-refractivity contribution is 9.10. The molecule has 0 saturated carbocycles. The molecule has 0 aliphatic heterocycles. The van der Waals surface area contributed by atoms with Gasteiger partial charge in [-0.2, -0.15) is 0 Å². The fourth-order valence-corrected chi connectivity index (χ4v) is 3.49. The van der Waals surface area contributed by atoms with Crippen LogP contribution in [0, 0.1) is 5.92 Å². The van der Waals surface area contributed by atoms with E-state index < -0.39 is 0 Å². The van der Waals surface area contributed by atoms with Crippen LogP contribution < -0.4 is 0 Å². The Bertz CT molecular complexity index is 530. The molecule has 0 aliphatic carbocycles. The normalized spacial score (nSPS) is 13.2. The van der Waals surface area contributed by atoms with Crippen LogP contribution in [0.25, 0.3) is 10.1 Å². The van der Waals surface area contributed by atoms with Crippen LogP contribution in [0.3, 0.4) is 0 Å². The van der Waals surface area contributed by atoms with Gasteiger partial charge in [-0.05, 0) is 34.9 Å². The third kappa shape index (κ3) is 2.96. The summed E-state index contributed by atoms with van der Waals surface area (Å²) in [7, 11) is 0. The molecule has 0 saturated heterocycles. The van der Waals surface area contributed by atoms with Gasteiger partial charge < -0.3 is 0 Å². The van der Waals surface area contributed by atoms with Crippen LogP contribution in [0.5, 0.6) is 0 Å². The second kappa shape index (κ2) is 5.32. The fraction of sp³-hybridized carbons (Fsp3) is 0.357. The van der Waals surface area contributed by atoms with Crippen molar-refractivity contribution in [3.8, 4) is 0 Å². The van der Waals surface area contributed by atoms with Gasteiger partial charge in [0.05, 0.1) is 4.83 Å². The van der Waals surface area contributed by atoms with E-state index in [1.165, 1.54) is 15.6 Å². The van der Waals surface area contributed by atoms with Gasteiger partial charge in [0.2, 0.25) is 0 Å². The van der Waals surface area contributed by atoms with Crippen LogP contribution in [0.15, 0.2) is 29.6 Å². The van der Waals surface area contributed by atoms with E-state index in [-0.39, 0.29) is 16.5 Å². The Labute approximate surface area is 114 Å². The molecule has 0 radical (unpaired) electrons. The smallest absolute Gasteiger partial charge is 0.149 e. The number of hydrogen-bond acceptors (Lipinski definition) is 2. The number of alkyl halides is 1. The van der Waals surface area contributed by atoms with Gasteiger partial charge in [-0.1, -0.05) is 41.9 Å². The molecule has 1 atom stereocenters. The predicted molar refractivity (Wildman–Crippen MR) is 78.1 cm³/mol. The molecule has 0 bridgehead atoms. The summed E-state index contributed by atoms with van der Waals surface area (Å²) in [5.74, 6) is 0.361. The van der Waals surface area contributed by atoms with E-state index in [1.54, 1.807) is 11.3 Å². The molecule has 2 aromatic rings. The van der Waals surface area contributed by atoms with Crippen LogP contribution in [0.4, 0.5) is 0 Å². The third-order valence-electron chi connectivity index (χ3n) is 2.81. The highest BCUT2D eigenvalue weighted by Gasteiger charge is 2.18. The Morgan fingerprint density at radius 2 is 2.12 bits per heavy atom. The molecule has 0 N–H and O–H groups in total. The Morgan fingerprint density at radius 1 is 1.35 bits per heavy atom. The Morgan fingerprint density at radius 3 is 2.82 bits per heavy atom. The average Bonchev–Trinajstić information content (AvgIpc) is 2.74. The van der Waals surface area contributed by atoms with Crippen molar-refractivity contribution in [1.82, 2.24) is 0 Å². The first kappa shape index (κ1) is 12.8. The maximum atomic E-state index is 11.8. The number of benzene rings is 1. The minimum atomic E-state index is -0.0708. The van der Waals surface area contributed by atoms with Gasteiger partial charge in [0.15, 0.2) is 0 Å². The summed E-state index contributed by atoms with van der Waals surface area (Å²) in [6.07, 6.45) is 0.767. The van der Waals surface area contributed by atoms with Crippen LogP contribution in [0.2, 0.25) is 0 Å². The molecule has 0 spiro atoms. The van der Waals surface area contributed by atoms with Crippen molar-refractivity contribution in [3.05, 3.63) is 35.2 Å². The lowest BCUT2D eigenvalue weighted by Crippen LogP contribution is -2.21. The SMILES string of the molecule is CC(C)C(=O)C(Br)Cc1ccc2sccc2c1. The molecule has 1 heterocycles. The van der Waals surface area contributed by atoms with E-state index in [1.807, 2.05) is 13.8 Å². The van der Waals surface area contributed by atoms with Crippen molar-refractivity contribution in [2.45, 2.75) is 25.1 Å². The third-order valence-corrected chi connectivity index (χ3v) is 4.48. The summed E-state index contributed by atoms with van der Waals surface area (Å²) in [6, 6.07) is 8.54. The van der Waals surface area contributed by atoms with E-state index in [9.17, 15) is 4.79 Å². The van der Waals surface area contributed by atoms with Gasteiger partial charge in [0.25, 0.3) is 0 Å². The molecule has 1 unspecified atom stereocenters. The summed E-state index contributed by atoms with van der Waals surface area (Å²) in [4.78, 5) is 11.7. The zero-order valence-electron chi connectivity index (χ0n) is 9.94. The summed E-state index contributed by atoms with van der Waals surface area (Å²) < 4.78 is 1.30. The van der Waals surface area contributed by atoms with Crippen molar-refractivity contribution in [1.29, 1.82) is 0 Å². The number of rotatable bonds is 4. The minimum absolute atomic E-state index is 0.0708. The number of fused-ring (bicyclic) bond motifs is 1. The molecule has 1 nitrogen and oxygen atoms in total. The lowest BCUT2D eigenvalue weighted by molar-refractivity contribution is -0.121. The van der Waals surface area contributed by atoms with Gasteiger partial charge in [-0.3, -0.25) is 4.79 Å². The Balaban J connectivity index is 2.15. The fourth-order valence-electron chi connectivity index (χ4n) is 1.81. The number of Topliss-reactive ketones (excluding diaryl/α,β-unsaturated/α-hetero) is 1. The maximum absolute atomic E-state index is 11.8. The van der Waals surface area contributed by atoms with Crippen molar-refractivity contribution in [3.63, 3.8) is 0 Å². The summed E-state index contributed by atoms with van der Waals surface area (Å²) >= 11 is 5.24. The first-order valence-electron chi connectivity index (χ1n) is 5.72. The molecule has 3 heteroatoms. The molecule has 1 aromatic carbocycles. The van der Waals surface area contributed by atoms with E-state index in [2.05, 4.69) is 45.6 Å². The largest absolute Gasteiger partial charge is 0.298 e. The van der Waals surface area contributed by atoms with Gasteiger partial charge in [-0.25, -0.2) is 0 Å². The zero-order valence-corrected chi connectivity index (χ0v) is 12.3. The zero-order chi connectivity index (χ0) is 12.4. The van der Waals surface area contributed by atoms with Crippen LogP contribution in [-0.4, -0.2) is 10.6 Å². The first-order chi connectivity index (χ1) is 8.08.